The fourth-order valence-corrected chi connectivity index (χ4v) is 3.83. The van der Waals surface area contributed by atoms with Crippen molar-refractivity contribution in [2.45, 2.75) is 51.9 Å². The lowest BCUT2D eigenvalue weighted by atomic mass is 10.1. The molecule has 1 saturated heterocycles. The Balaban J connectivity index is 1.60. The SMILES string of the molecule is Cc1ncsc1-c1ccc(ONC(=O)[C@@H]2C[C@@H](O)CN2C(=O)OC(C)(C)C)cc1. The summed E-state index contributed by atoms with van der Waals surface area (Å²) in [6.45, 7) is 7.21. The second-order valence-corrected chi connectivity index (χ2v) is 8.75. The van der Waals surface area contributed by atoms with Crippen LogP contribution in [0.5, 0.6) is 5.75 Å². The number of hydroxylamine groups is 1. The van der Waals surface area contributed by atoms with Gasteiger partial charge in [-0.3, -0.25) is 9.69 Å². The van der Waals surface area contributed by atoms with E-state index in [-0.39, 0.29) is 13.0 Å². The normalized spacial score (nSPS) is 19.1. The van der Waals surface area contributed by atoms with E-state index in [0.29, 0.717) is 5.75 Å². The van der Waals surface area contributed by atoms with Gasteiger partial charge in [0.05, 0.1) is 28.7 Å². The number of benzene rings is 1. The molecule has 2 aromatic rings. The molecule has 29 heavy (non-hydrogen) atoms. The molecule has 2 amide bonds. The van der Waals surface area contributed by atoms with E-state index in [4.69, 9.17) is 9.57 Å². The molecule has 9 heteroatoms. The Bertz CT molecular complexity index is 875. The van der Waals surface area contributed by atoms with Gasteiger partial charge < -0.3 is 14.7 Å². The Hall–Kier alpha value is -2.65. The zero-order chi connectivity index (χ0) is 21.2. The number of rotatable bonds is 4. The Kier molecular flexibility index (Phi) is 6.09. The van der Waals surface area contributed by atoms with E-state index >= 15 is 0 Å². The van der Waals surface area contributed by atoms with Crippen LogP contribution in [0, 0.1) is 6.92 Å². The maximum absolute atomic E-state index is 12.5. The predicted octanol–water partition coefficient (Wildman–Crippen LogP) is 2.90. The topological polar surface area (TPSA) is 101 Å². The summed E-state index contributed by atoms with van der Waals surface area (Å²) in [7, 11) is 0. The van der Waals surface area contributed by atoms with Gasteiger partial charge in [-0.2, -0.15) is 5.48 Å². The summed E-state index contributed by atoms with van der Waals surface area (Å²) < 4.78 is 5.32. The van der Waals surface area contributed by atoms with Gasteiger partial charge in [-0.15, -0.1) is 11.3 Å². The number of ether oxygens (including phenoxy) is 1. The first-order chi connectivity index (χ1) is 13.6. The molecule has 3 rings (SSSR count). The summed E-state index contributed by atoms with van der Waals surface area (Å²) in [4.78, 5) is 36.8. The quantitative estimate of drug-likeness (QED) is 0.739. The summed E-state index contributed by atoms with van der Waals surface area (Å²) in [6, 6.07) is 6.38. The fourth-order valence-electron chi connectivity index (χ4n) is 3.02. The number of aliphatic hydroxyl groups excluding tert-OH is 1. The highest BCUT2D eigenvalue weighted by atomic mass is 32.1. The molecule has 0 radical (unpaired) electrons. The molecule has 0 spiro atoms. The molecule has 0 saturated carbocycles. The first kappa shape index (κ1) is 21.1. The van der Waals surface area contributed by atoms with Crippen LogP contribution < -0.4 is 10.3 Å². The van der Waals surface area contributed by atoms with Gasteiger partial charge in [-0.1, -0.05) is 0 Å². The first-order valence-corrected chi connectivity index (χ1v) is 10.2. The van der Waals surface area contributed by atoms with E-state index in [0.717, 1.165) is 16.1 Å². The van der Waals surface area contributed by atoms with Gasteiger partial charge in [0, 0.05) is 6.42 Å². The monoisotopic (exact) mass is 419 g/mol. The highest BCUT2D eigenvalue weighted by Crippen LogP contribution is 2.28. The van der Waals surface area contributed by atoms with Crippen LogP contribution in [0.2, 0.25) is 0 Å². The number of amides is 2. The summed E-state index contributed by atoms with van der Waals surface area (Å²) in [5, 5.41) is 9.92. The number of likely N-dealkylation sites (tertiary alicyclic amines) is 1. The minimum Gasteiger partial charge on any atom is -0.444 e. The summed E-state index contributed by atoms with van der Waals surface area (Å²) in [5.41, 5.74) is 5.43. The van der Waals surface area contributed by atoms with E-state index in [2.05, 4.69) is 10.5 Å². The maximum atomic E-state index is 12.5. The van der Waals surface area contributed by atoms with Crippen molar-refractivity contribution in [1.82, 2.24) is 15.4 Å². The molecule has 156 valence electrons. The lowest BCUT2D eigenvalue weighted by Gasteiger charge is -2.27. The van der Waals surface area contributed by atoms with Crippen molar-refractivity contribution < 1.29 is 24.3 Å². The number of nitrogens with one attached hydrogen (secondary N) is 1. The van der Waals surface area contributed by atoms with Crippen molar-refractivity contribution in [1.29, 1.82) is 0 Å². The second-order valence-electron chi connectivity index (χ2n) is 7.90. The van der Waals surface area contributed by atoms with Crippen molar-refractivity contribution in [3.05, 3.63) is 35.5 Å². The Morgan fingerprint density at radius 1 is 1.28 bits per heavy atom. The minimum absolute atomic E-state index is 0.0376. The van der Waals surface area contributed by atoms with Gasteiger partial charge in [-0.05, 0) is 57.5 Å². The van der Waals surface area contributed by atoms with Gasteiger partial charge in [0.15, 0.2) is 5.75 Å². The molecule has 1 aliphatic heterocycles. The molecule has 1 aromatic carbocycles. The number of aliphatic hydroxyl groups is 1. The third kappa shape index (κ3) is 5.24. The predicted molar refractivity (Wildman–Crippen MR) is 108 cm³/mol. The van der Waals surface area contributed by atoms with Crippen molar-refractivity contribution in [3.63, 3.8) is 0 Å². The number of aromatic nitrogens is 1. The van der Waals surface area contributed by atoms with Crippen molar-refractivity contribution >= 4 is 23.3 Å². The third-order valence-electron chi connectivity index (χ3n) is 4.34. The molecule has 0 bridgehead atoms. The van der Waals surface area contributed by atoms with Crippen LogP contribution >= 0.6 is 11.3 Å². The average molecular weight is 420 g/mol. The summed E-state index contributed by atoms with van der Waals surface area (Å²) in [5.74, 6) is -0.0681. The molecule has 2 atom stereocenters. The molecule has 1 aliphatic rings. The molecule has 8 nitrogen and oxygen atoms in total. The first-order valence-electron chi connectivity index (χ1n) is 9.29. The molecule has 0 unspecified atom stereocenters. The van der Waals surface area contributed by atoms with Gasteiger partial charge in [0.2, 0.25) is 0 Å². The van der Waals surface area contributed by atoms with Crippen LogP contribution in [0.1, 0.15) is 32.9 Å². The summed E-state index contributed by atoms with van der Waals surface area (Å²) >= 11 is 1.56. The Morgan fingerprint density at radius 2 is 1.97 bits per heavy atom. The van der Waals surface area contributed by atoms with Crippen molar-refractivity contribution in [2.24, 2.45) is 0 Å². The smallest absolute Gasteiger partial charge is 0.411 e. The number of thiazole rings is 1. The van der Waals surface area contributed by atoms with Crippen molar-refractivity contribution in [3.8, 4) is 16.2 Å². The zero-order valence-corrected chi connectivity index (χ0v) is 17.7. The Labute approximate surface area is 173 Å². The summed E-state index contributed by atoms with van der Waals surface area (Å²) in [6.07, 6.45) is -1.31. The van der Waals surface area contributed by atoms with Gasteiger partial charge >= 0.3 is 6.09 Å². The van der Waals surface area contributed by atoms with E-state index in [1.807, 2.05) is 19.1 Å². The molecular formula is C20H25N3O5S. The van der Waals surface area contributed by atoms with E-state index in [9.17, 15) is 14.7 Å². The highest BCUT2D eigenvalue weighted by Gasteiger charge is 2.41. The molecule has 2 N–H and O–H groups in total. The van der Waals surface area contributed by atoms with Gasteiger partial charge in [0.25, 0.3) is 5.91 Å². The minimum atomic E-state index is -0.862. The van der Waals surface area contributed by atoms with Crippen molar-refractivity contribution in [2.75, 3.05) is 6.54 Å². The van der Waals surface area contributed by atoms with Gasteiger partial charge in [0.1, 0.15) is 11.6 Å². The highest BCUT2D eigenvalue weighted by molar-refractivity contribution is 7.13. The van der Waals surface area contributed by atoms with Crippen LogP contribution in [0.4, 0.5) is 4.79 Å². The maximum Gasteiger partial charge on any atom is 0.411 e. The van der Waals surface area contributed by atoms with Crippen LogP contribution in [-0.2, 0) is 9.53 Å². The molecule has 1 fully saturated rings. The average Bonchev–Trinajstić information content (AvgIpc) is 3.24. The number of hydrogen-bond donors (Lipinski definition) is 2. The number of carbonyl (C=O) groups excluding carboxylic acids is 2. The number of aryl methyl sites for hydroxylation is 1. The van der Waals surface area contributed by atoms with E-state index < -0.39 is 29.7 Å². The lowest BCUT2D eigenvalue weighted by Crippen LogP contribution is -2.48. The van der Waals surface area contributed by atoms with E-state index in [1.165, 1.54) is 4.90 Å². The van der Waals surface area contributed by atoms with Crippen LogP contribution in [0.3, 0.4) is 0 Å². The number of β-amino-alcohol motifs (C(OH)–C–C–N with tert-alkyl or cyclic N) is 1. The molecule has 0 aliphatic carbocycles. The molecule has 2 heterocycles. The van der Waals surface area contributed by atoms with Gasteiger partial charge in [-0.25, -0.2) is 9.78 Å². The Morgan fingerprint density at radius 3 is 2.55 bits per heavy atom. The number of hydrogen-bond acceptors (Lipinski definition) is 7. The van der Waals surface area contributed by atoms with Crippen LogP contribution in [0.15, 0.2) is 29.8 Å². The van der Waals surface area contributed by atoms with E-state index in [1.54, 1.807) is 49.8 Å². The standard InChI is InChI=1S/C20H25N3O5S/c1-12-17(29-11-21-12)13-5-7-15(8-6-13)28-22-18(25)16-9-14(24)10-23(16)19(26)27-20(2,3)4/h5-8,11,14,16,24H,9-10H2,1-4H3,(H,22,25)/t14-,16+/m1/s1. The third-order valence-corrected chi connectivity index (χ3v) is 5.32. The van der Waals surface area contributed by atoms with Crippen LogP contribution in [0.25, 0.3) is 10.4 Å². The largest absolute Gasteiger partial charge is 0.444 e. The zero-order valence-electron chi connectivity index (χ0n) is 16.8. The fraction of sp³-hybridized carbons (Fsp3) is 0.450. The lowest BCUT2D eigenvalue weighted by molar-refractivity contribution is -0.132. The van der Waals surface area contributed by atoms with Crippen LogP contribution in [-0.4, -0.2) is 51.3 Å². The molecular weight excluding hydrogens is 394 g/mol. The number of nitrogens with zero attached hydrogens (tertiary/aromatic N) is 2. The molecule has 1 aromatic heterocycles. The number of carbonyl (C=O) groups is 2. The second kappa shape index (κ2) is 8.38.